The molecule has 5 nitrogen and oxygen atoms in total. The summed E-state index contributed by atoms with van der Waals surface area (Å²) >= 11 is 0. The van der Waals surface area contributed by atoms with Gasteiger partial charge >= 0.3 is 0 Å². The first kappa shape index (κ1) is 11.7. The van der Waals surface area contributed by atoms with Gasteiger partial charge in [-0.15, -0.1) is 0 Å². The second-order valence-corrected chi connectivity index (χ2v) is 3.03. The van der Waals surface area contributed by atoms with Gasteiger partial charge in [-0.1, -0.05) is 12.1 Å². The Morgan fingerprint density at radius 1 is 1.38 bits per heavy atom. The highest BCUT2D eigenvalue weighted by atomic mass is 15.3. The third kappa shape index (κ3) is 3.41. The first-order valence-electron chi connectivity index (χ1n) is 4.67. The van der Waals surface area contributed by atoms with Gasteiger partial charge in [0.25, 0.3) is 0 Å². The third-order valence-electron chi connectivity index (χ3n) is 1.82. The molecule has 0 bridgehead atoms. The van der Waals surface area contributed by atoms with Gasteiger partial charge in [-0.2, -0.15) is 15.6 Å². The molecule has 0 unspecified atom stereocenters. The van der Waals surface area contributed by atoms with Crippen LogP contribution in [0.1, 0.15) is 5.56 Å². The minimum Gasteiger partial charge on any atom is -0.316 e. The summed E-state index contributed by atoms with van der Waals surface area (Å²) < 4.78 is 0. The molecule has 0 aromatic heterocycles. The van der Waals surface area contributed by atoms with Crippen molar-refractivity contribution in [1.29, 1.82) is 10.5 Å². The Hall–Kier alpha value is -2.37. The normalized spacial score (nSPS) is 8.69. The Morgan fingerprint density at radius 2 is 2.12 bits per heavy atom. The maximum Gasteiger partial charge on any atom is 0.237 e. The molecule has 1 aromatic carbocycles. The Bertz CT molecular complexity index is 448. The van der Waals surface area contributed by atoms with E-state index in [4.69, 9.17) is 10.5 Å². The van der Waals surface area contributed by atoms with Gasteiger partial charge in [0.15, 0.2) is 0 Å². The molecule has 0 saturated heterocycles. The number of nitrogens with zero attached hydrogens (tertiary/aromatic N) is 3. The topological polar surface area (TPSA) is 84.0 Å². The molecule has 0 aliphatic carbocycles. The van der Waals surface area contributed by atoms with E-state index in [9.17, 15) is 0 Å². The monoisotopic (exact) mass is 213 g/mol. The van der Waals surface area contributed by atoms with Gasteiger partial charge in [0, 0.05) is 6.54 Å². The summed E-state index contributed by atoms with van der Waals surface area (Å²) in [5.41, 5.74) is 4.31. The molecule has 1 aromatic rings. The van der Waals surface area contributed by atoms with Gasteiger partial charge in [-0.25, -0.2) is 0 Å². The SMILES string of the molecule is CNCc1cccc(NN=C(C#N)C#N)c1. The van der Waals surface area contributed by atoms with Gasteiger partial charge < -0.3 is 5.32 Å². The lowest BCUT2D eigenvalue weighted by atomic mass is 10.2. The first-order valence-corrected chi connectivity index (χ1v) is 4.67. The molecule has 0 aliphatic heterocycles. The van der Waals surface area contributed by atoms with Crippen molar-refractivity contribution in [2.75, 3.05) is 12.5 Å². The summed E-state index contributed by atoms with van der Waals surface area (Å²) in [4.78, 5) is 0. The minimum absolute atomic E-state index is 0.195. The molecule has 80 valence electrons. The largest absolute Gasteiger partial charge is 0.316 e. The highest BCUT2D eigenvalue weighted by Crippen LogP contribution is 2.10. The average Bonchev–Trinajstić information content (AvgIpc) is 2.31. The van der Waals surface area contributed by atoms with Crippen LogP contribution in [0.25, 0.3) is 0 Å². The zero-order valence-electron chi connectivity index (χ0n) is 8.86. The van der Waals surface area contributed by atoms with Crippen molar-refractivity contribution in [3.63, 3.8) is 0 Å². The number of hydrogen-bond acceptors (Lipinski definition) is 5. The Kier molecular flexibility index (Phi) is 4.52. The Labute approximate surface area is 94.0 Å². The fourth-order valence-electron chi connectivity index (χ4n) is 1.15. The average molecular weight is 213 g/mol. The third-order valence-corrected chi connectivity index (χ3v) is 1.82. The quantitative estimate of drug-likeness (QED) is 0.581. The van der Waals surface area contributed by atoms with Crippen LogP contribution < -0.4 is 10.7 Å². The van der Waals surface area contributed by atoms with Gasteiger partial charge in [-0.3, -0.25) is 5.43 Å². The lowest BCUT2D eigenvalue weighted by Gasteiger charge is -2.03. The molecule has 5 heteroatoms. The molecule has 0 atom stereocenters. The maximum atomic E-state index is 8.49. The lowest BCUT2D eigenvalue weighted by molar-refractivity contribution is 0.818. The van der Waals surface area contributed by atoms with E-state index in [1.54, 1.807) is 12.1 Å². The predicted molar refractivity (Wildman–Crippen MR) is 61.5 cm³/mol. The summed E-state index contributed by atoms with van der Waals surface area (Å²) in [6.07, 6.45) is 0. The number of nitriles is 2. The summed E-state index contributed by atoms with van der Waals surface area (Å²) in [5.74, 6) is 0. The zero-order valence-corrected chi connectivity index (χ0v) is 8.86. The summed E-state index contributed by atoms with van der Waals surface area (Å²) in [7, 11) is 1.86. The molecule has 0 radical (unpaired) electrons. The fourth-order valence-corrected chi connectivity index (χ4v) is 1.15. The minimum atomic E-state index is -0.195. The van der Waals surface area contributed by atoms with Gasteiger partial charge in [0.05, 0.1) is 5.69 Å². The number of nitrogens with one attached hydrogen (secondary N) is 2. The highest BCUT2D eigenvalue weighted by Gasteiger charge is 1.95. The van der Waals surface area contributed by atoms with Gasteiger partial charge in [-0.05, 0) is 24.7 Å². The lowest BCUT2D eigenvalue weighted by Crippen LogP contribution is -2.05. The number of benzene rings is 1. The molecule has 0 fully saturated rings. The van der Waals surface area contributed by atoms with Crippen LogP contribution in [0.15, 0.2) is 29.4 Å². The van der Waals surface area contributed by atoms with Crippen molar-refractivity contribution in [1.82, 2.24) is 5.32 Å². The van der Waals surface area contributed by atoms with E-state index in [1.165, 1.54) is 0 Å². The van der Waals surface area contributed by atoms with Gasteiger partial charge in [0.1, 0.15) is 12.1 Å². The van der Waals surface area contributed by atoms with Crippen LogP contribution in [0.3, 0.4) is 0 Å². The zero-order chi connectivity index (χ0) is 11.8. The van der Waals surface area contributed by atoms with Crippen molar-refractivity contribution < 1.29 is 0 Å². The van der Waals surface area contributed by atoms with Crippen molar-refractivity contribution in [3.8, 4) is 12.1 Å². The molecule has 0 amide bonds. The van der Waals surface area contributed by atoms with Crippen molar-refractivity contribution in [2.45, 2.75) is 6.54 Å². The molecule has 16 heavy (non-hydrogen) atoms. The number of anilines is 1. The summed E-state index contributed by atoms with van der Waals surface area (Å²) in [5, 5.41) is 23.7. The Balaban J connectivity index is 2.76. The molecule has 0 spiro atoms. The van der Waals surface area contributed by atoms with Crippen LogP contribution in [-0.2, 0) is 6.54 Å². The summed E-state index contributed by atoms with van der Waals surface area (Å²) in [6.45, 7) is 0.753. The molecule has 0 aliphatic rings. The van der Waals surface area contributed by atoms with Crippen molar-refractivity contribution in [2.24, 2.45) is 5.10 Å². The van der Waals surface area contributed by atoms with E-state index < -0.39 is 0 Å². The first-order chi connectivity index (χ1) is 7.80. The van der Waals surface area contributed by atoms with Crippen LogP contribution in [0.4, 0.5) is 5.69 Å². The van der Waals surface area contributed by atoms with Crippen LogP contribution in [0, 0.1) is 22.7 Å². The summed E-state index contributed by atoms with van der Waals surface area (Å²) in [6, 6.07) is 10.9. The molecular weight excluding hydrogens is 202 g/mol. The van der Waals surface area contributed by atoms with E-state index in [2.05, 4.69) is 15.8 Å². The van der Waals surface area contributed by atoms with Crippen molar-refractivity contribution in [3.05, 3.63) is 29.8 Å². The number of hydrazone groups is 1. The smallest absolute Gasteiger partial charge is 0.237 e. The Morgan fingerprint density at radius 3 is 2.75 bits per heavy atom. The van der Waals surface area contributed by atoms with E-state index in [-0.39, 0.29) is 5.71 Å². The van der Waals surface area contributed by atoms with E-state index in [0.717, 1.165) is 17.8 Å². The molecular formula is C11H11N5. The second-order valence-electron chi connectivity index (χ2n) is 3.03. The van der Waals surface area contributed by atoms with Crippen LogP contribution in [0.2, 0.25) is 0 Å². The number of rotatable bonds is 4. The van der Waals surface area contributed by atoms with Crippen LogP contribution in [0.5, 0.6) is 0 Å². The molecule has 0 heterocycles. The standard InChI is InChI=1S/C11H11N5/c1-14-8-9-3-2-4-10(5-9)15-16-11(6-12)7-13/h2-5,14-15H,8H2,1H3. The number of hydrogen-bond donors (Lipinski definition) is 2. The molecule has 1 rings (SSSR count). The van der Waals surface area contributed by atoms with E-state index in [0.29, 0.717) is 0 Å². The van der Waals surface area contributed by atoms with Crippen LogP contribution in [-0.4, -0.2) is 12.8 Å². The maximum absolute atomic E-state index is 8.49. The molecule has 0 saturated carbocycles. The molecule has 2 N–H and O–H groups in total. The van der Waals surface area contributed by atoms with E-state index >= 15 is 0 Å². The predicted octanol–water partition coefficient (Wildman–Crippen LogP) is 1.22. The highest BCUT2D eigenvalue weighted by molar-refractivity contribution is 6.10. The second kappa shape index (κ2) is 6.18. The van der Waals surface area contributed by atoms with Gasteiger partial charge in [0.2, 0.25) is 5.71 Å². The van der Waals surface area contributed by atoms with E-state index in [1.807, 2.05) is 31.3 Å². The fraction of sp³-hybridized carbons (Fsp3) is 0.182. The van der Waals surface area contributed by atoms with Crippen molar-refractivity contribution >= 4 is 11.4 Å². The van der Waals surface area contributed by atoms with Crippen LogP contribution >= 0.6 is 0 Å².